The fraction of sp³-hybridized carbons (Fsp3) is 0.286. The molecule has 6 N–H and O–H groups in total. The predicted molar refractivity (Wildman–Crippen MR) is 227 cm³/mol. The second-order valence-electron chi connectivity index (χ2n) is 14.7. The molecule has 0 bridgehead atoms. The van der Waals surface area contributed by atoms with Crippen molar-refractivity contribution in [1.29, 1.82) is 0 Å². The number of amides is 6. The largest absolute Gasteiger partial charge is 0.507 e. The van der Waals surface area contributed by atoms with E-state index in [1.54, 1.807) is 43.4 Å². The Hall–Kier alpha value is -6.32. The third kappa shape index (κ3) is 8.08. The number of aromatic hydroxyl groups is 2. The Labute approximate surface area is 348 Å². The molecule has 0 spiro atoms. The van der Waals surface area contributed by atoms with Crippen LogP contribution in [0, 0.1) is 0 Å². The molecule has 0 saturated heterocycles. The van der Waals surface area contributed by atoms with E-state index in [0.717, 1.165) is 11.1 Å². The average molecular weight is 843 g/mol. The monoisotopic (exact) mass is 841 g/mol. The summed E-state index contributed by atoms with van der Waals surface area (Å²) in [6.07, 6.45) is 1.23. The molecule has 0 fully saturated rings. The first kappa shape index (κ1) is 40.9. The van der Waals surface area contributed by atoms with Crippen LogP contribution in [0.4, 0.5) is 28.4 Å². The van der Waals surface area contributed by atoms with E-state index in [2.05, 4.69) is 21.3 Å². The Morgan fingerprint density at radius 3 is 1.66 bits per heavy atom. The molecule has 6 amide bonds. The number of carbonyl (C=O) groups is 6. The number of nitrogens with one attached hydrogen (secondary N) is 4. The number of rotatable bonds is 11. The van der Waals surface area contributed by atoms with Gasteiger partial charge >= 0.3 is 0 Å². The van der Waals surface area contributed by atoms with Gasteiger partial charge in [0.15, 0.2) is 0 Å². The van der Waals surface area contributed by atoms with E-state index in [1.807, 2.05) is 0 Å². The van der Waals surface area contributed by atoms with Crippen LogP contribution in [0.1, 0.15) is 60.1 Å². The van der Waals surface area contributed by atoms with Crippen LogP contribution in [0.5, 0.6) is 11.5 Å². The summed E-state index contributed by atoms with van der Waals surface area (Å²) in [6, 6.07) is 14.7. The number of phenols is 2. The minimum atomic E-state index is -0.569. The number of aromatic nitrogens is 1. The molecule has 2 aliphatic heterocycles. The van der Waals surface area contributed by atoms with Crippen molar-refractivity contribution in [2.75, 3.05) is 57.1 Å². The molecule has 59 heavy (non-hydrogen) atoms. The molecule has 2 atom stereocenters. The Morgan fingerprint density at radius 1 is 0.661 bits per heavy atom. The highest BCUT2D eigenvalue weighted by Gasteiger charge is 2.36. The summed E-state index contributed by atoms with van der Waals surface area (Å²) in [5.74, 6) is -2.50. The summed E-state index contributed by atoms with van der Waals surface area (Å²) in [4.78, 5) is 79.5. The normalized spacial score (nSPS) is 15.5. The van der Waals surface area contributed by atoms with Crippen LogP contribution in [-0.2, 0) is 31.0 Å². The second kappa shape index (κ2) is 16.5. The first-order valence-electron chi connectivity index (χ1n) is 18.8. The minimum Gasteiger partial charge on any atom is -0.507 e. The van der Waals surface area contributed by atoms with Crippen LogP contribution in [-0.4, -0.2) is 81.6 Å². The van der Waals surface area contributed by atoms with E-state index < -0.39 is 17.7 Å². The molecule has 4 aromatic carbocycles. The van der Waals surface area contributed by atoms with Gasteiger partial charge in [-0.1, -0.05) is 12.1 Å². The van der Waals surface area contributed by atoms with E-state index >= 15 is 0 Å². The molecule has 0 aliphatic carbocycles. The molecule has 17 heteroatoms. The maximum atomic E-state index is 13.5. The summed E-state index contributed by atoms with van der Waals surface area (Å²) >= 11 is 12.7. The highest BCUT2D eigenvalue weighted by Crippen LogP contribution is 2.47. The highest BCUT2D eigenvalue weighted by atomic mass is 35.5. The Morgan fingerprint density at radius 2 is 1.17 bits per heavy atom. The fourth-order valence-electron chi connectivity index (χ4n) is 8.02. The quantitative estimate of drug-likeness (QED) is 0.0890. The van der Waals surface area contributed by atoms with Gasteiger partial charge in [-0.2, -0.15) is 0 Å². The number of halogens is 2. The lowest BCUT2D eigenvalue weighted by molar-refractivity contribution is -0.122. The zero-order valence-electron chi connectivity index (χ0n) is 32.3. The van der Waals surface area contributed by atoms with Crippen LogP contribution in [0.3, 0.4) is 0 Å². The molecule has 2 unspecified atom stereocenters. The number of phenolic OH excluding ortho intramolecular Hbond substituents is 2. The van der Waals surface area contributed by atoms with Gasteiger partial charge in [0.2, 0.25) is 29.5 Å². The summed E-state index contributed by atoms with van der Waals surface area (Å²) in [5, 5.41) is 35.0. The van der Waals surface area contributed by atoms with Crippen molar-refractivity contribution in [3.8, 4) is 11.5 Å². The van der Waals surface area contributed by atoms with E-state index in [-0.39, 0.29) is 91.0 Å². The number of fused-ring (bicyclic) bond motifs is 6. The number of aryl methyl sites for hydroxylation is 1. The third-order valence-corrected chi connectivity index (χ3v) is 11.3. The molecular formula is C42H41Cl2N7O8. The zero-order valence-corrected chi connectivity index (χ0v) is 33.8. The fourth-order valence-corrected chi connectivity index (χ4v) is 8.52. The molecular weight excluding hydrogens is 801 g/mol. The molecule has 306 valence electrons. The number of anilines is 5. The lowest BCUT2D eigenvalue weighted by Gasteiger charge is -2.19. The molecule has 0 radical (unpaired) electrons. The lowest BCUT2D eigenvalue weighted by atomic mass is 9.95. The standard InChI is InChI=1S/C42H41Cl2N7O8/c1-21(52)46-25-4-6-28-30(10-25)35(54)13-32-40(28)23(15-43)18-50(32)38(57)9-8-37(56)48-27-12-34(49(3)20-27)42(59)45-17-39(58)51-19-24(16-44)41-29-7-5-26(47-22(2)53)11-31(29)36(55)14-33(41)51/h4-7,10-14,20,23-24,54-55H,8-9,15-19H2,1-3H3,(H,45,59)(H,46,52)(H,47,53)(H,48,56). The summed E-state index contributed by atoms with van der Waals surface area (Å²) in [7, 11) is 1.61. The molecule has 5 aromatic rings. The number of nitrogens with zero attached hydrogens (tertiary/aromatic N) is 3. The maximum Gasteiger partial charge on any atom is 0.268 e. The van der Waals surface area contributed by atoms with Crippen LogP contribution in [0.2, 0.25) is 0 Å². The van der Waals surface area contributed by atoms with Crippen LogP contribution in [0.25, 0.3) is 21.5 Å². The number of carbonyl (C=O) groups excluding carboxylic acids is 6. The SMILES string of the molecule is CC(=O)Nc1ccc2c3c(cc(O)c2c1)N(C(=O)CCC(=O)Nc1cc(C(=O)NCC(=O)N2CC(CCl)c4c2cc(O)c2cc(NC(C)=O)ccc42)n(C)c1)CC3CCl. The van der Waals surface area contributed by atoms with E-state index in [4.69, 9.17) is 23.2 Å². The number of alkyl halides is 2. The minimum absolute atomic E-state index is 0.0690. The van der Waals surface area contributed by atoms with Crippen LogP contribution in [0.15, 0.2) is 60.8 Å². The molecule has 7 rings (SSSR count). The molecule has 15 nitrogen and oxygen atoms in total. The molecule has 0 saturated carbocycles. The maximum absolute atomic E-state index is 13.5. The highest BCUT2D eigenvalue weighted by molar-refractivity contribution is 6.20. The Bertz CT molecular complexity index is 2590. The van der Waals surface area contributed by atoms with Gasteiger partial charge in [-0.3, -0.25) is 28.8 Å². The predicted octanol–water partition coefficient (Wildman–Crippen LogP) is 5.85. The van der Waals surface area contributed by atoms with E-state index in [9.17, 15) is 39.0 Å². The molecule has 3 heterocycles. The smallest absolute Gasteiger partial charge is 0.268 e. The van der Waals surface area contributed by atoms with Gasteiger partial charge in [0.1, 0.15) is 17.2 Å². The molecule has 2 aliphatic rings. The van der Waals surface area contributed by atoms with Crippen molar-refractivity contribution >= 4 is 109 Å². The van der Waals surface area contributed by atoms with Crippen molar-refractivity contribution < 1.29 is 39.0 Å². The van der Waals surface area contributed by atoms with Gasteiger partial charge in [-0.25, -0.2) is 0 Å². The van der Waals surface area contributed by atoms with Crippen LogP contribution >= 0.6 is 23.2 Å². The lowest BCUT2D eigenvalue weighted by Crippen LogP contribution is -2.40. The van der Waals surface area contributed by atoms with Gasteiger partial charge in [0.05, 0.1) is 23.6 Å². The van der Waals surface area contributed by atoms with E-state index in [1.165, 1.54) is 52.6 Å². The van der Waals surface area contributed by atoms with Crippen molar-refractivity contribution in [3.63, 3.8) is 0 Å². The Kier molecular flexibility index (Phi) is 11.4. The first-order valence-corrected chi connectivity index (χ1v) is 19.9. The van der Waals surface area contributed by atoms with Gasteiger partial charge in [-0.05, 0) is 52.2 Å². The van der Waals surface area contributed by atoms with Crippen molar-refractivity contribution in [2.24, 2.45) is 7.05 Å². The Balaban J connectivity index is 0.968. The topological polar surface area (TPSA) is 202 Å². The zero-order chi connectivity index (χ0) is 42.3. The molecule has 1 aromatic heterocycles. The third-order valence-electron chi connectivity index (χ3n) is 10.6. The average Bonchev–Trinajstić information content (AvgIpc) is 3.88. The number of hydrogen-bond donors (Lipinski definition) is 6. The van der Waals surface area contributed by atoms with Gasteiger partial charge in [0.25, 0.3) is 5.91 Å². The van der Waals surface area contributed by atoms with Crippen LogP contribution < -0.4 is 31.1 Å². The summed E-state index contributed by atoms with van der Waals surface area (Å²) in [5.41, 5.74) is 4.08. The first-order chi connectivity index (χ1) is 28.2. The van der Waals surface area contributed by atoms with Gasteiger partial charge in [-0.15, -0.1) is 23.2 Å². The van der Waals surface area contributed by atoms with Gasteiger partial charge < -0.3 is 45.8 Å². The summed E-state index contributed by atoms with van der Waals surface area (Å²) in [6.45, 7) is 2.92. The van der Waals surface area contributed by atoms with E-state index in [0.29, 0.717) is 50.0 Å². The van der Waals surface area contributed by atoms with Gasteiger partial charge in [0, 0.05) is 111 Å². The second-order valence-corrected chi connectivity index (χ2v) is 15.3. The summed E-state index contributed by atoms with van der Waals surface area (Å²) < 4.78 is 1.50. The van der Waals surface area contributed by atoms with Crippen molar-refractivity contribution in [3.05, 3.63) is 77.6 Å². The number of hydrogen-bond acceptors (Lipinski definition) is 8. The number of benzene rings is 4. The van der Waals surface area contributed by atoms with Crippen molar-refractivity contribution in [1.82, 2.24) is 9.88 Å². The van der Waals surface area contributed by atoms with Crippen molar-refractivity contribution in [2.45, 2.75) is 38.5 Å².